The molecule has 5 rings (SSSR count). The fourth-order valence-corrected chi connectivity index (χ4v) is 5.70. The molecule has 0 bridgehead atoms. The fraction of sp³-hybridized carbons (Fsp3) is 0.304. The van der Waals surface area contributed by atoms with Crippen molar-refractivity contribution in [1.29, 1.82) is 0 Å². The number of rotatable bonds is 6. The maximum absolute atomic E-state index is 12.9. The predicted octanol–water partition coefficient (Wildman–Crippen LogP) is 4.73. The molecule has 0 spiro atoms. The van der Waals surface area contributed by atoms with E-state index in [-0.39, 0.29) is 11.9 Å². The van der Waals surface area contributed by atoms with Crippen LogP contribution in [0.15, 0.2) is 52.9 Å². The lowest BCUT2D eigenvalue weighted by Gasteiger charge is -2.33. The van der Waals surface area contributed by atoms with Gasteiger partial charge in [0.15, 0.2) is 0 Å². The number of carbonyl (C=O) groups excluding carboxylic acids is 1. The number of aromatic nitrogens is 1. The number of nitrogens with zero attached hydrogens (tertiary/aromatic N) is 2. The smallest absolute Gasteiger partial charge is 0.261 e. The number of benzene rings is 1. The van der Waals surface area contributed by atoms with E-state index in [2.05, 4.69) is 16.3 Å². The molecule has 1 fully saturated rings. The number of hydrogen-bond acceptors (Lipinski definition) is 7. The van der Waals surface area contributed by atoms with Crippen LogP contribution >= 0.6 is 22.7 Å². The van der Waals surface area contributed by atoms with Crippen molar-refractivity contribution in [3.8, 4) is 9.88 Å². The number of aryl methyl sites for hydroxylation is 1. The van der Waals surface area contributed by atoms with Crippen molar-refractivity contribution >= 4 is 38.8 Å². The Hall–Kier alpha value is -2.52. The first kappa shape index (κ1) is 20.4. The first-order valence-electron chi connectivity index (χ1n) is 10.3. The van der Waals surface area contributed by atoms with Crippen molar-refractivity contribution in [1.82, 2.24) is 15.2 Å². The van der Waals surface area contributed by atoms with E-state index in [0.717, 1.165) is 44.7 Å². The van der Waals surface area contributed by atoms with E-state index in [1.807, 2.05) is 49.4 Å². The number of morpholine rings is 1. The molecule has 1 unspecified atom stereocenters. The minimum Gasteiger partial charge on any atom is -0.465 e. The molecule has 1 aromatic carbocycles. The molecule has 1 aliphatic rings. The summed E-state index contributed by atoms with van der Waals surface area (Å²) in [5.74, 6) is 1.68. The Kier molecular flexibility index (Phi) is 5.87. The highest BCUT2D eigenvalue weighted by molar-refractivity contribution is 7.26. The van der Waals surface area contributed by atoms with Crippen molar-refractivity contribution in [2.75, 3.05) is 32.8 Å². The van der Waals surface area contributed by atoms with Gasteiger partial charge in [0, 0.05) is 19.6 Å². The molecule has 6 nitrogen and oxygen atoms in total. The van der Waals surface area contributed by atoms with Crippen LogP contribution in [0.1, 0.15) is 27.2 Å². The van der Waals surface area contributed by atoms with Gasteiger partial charge in [-0.25, -0.2) is 4.98 Å². The molecule has 0 radical (unpaired) electrons. The van der Waals surface area contributed by atoms with Gasteiger partial charge in [0.1, 0.15) is 16.5 Å². The summed E-state index contributed by atoms with van der Waals surface area (Å²) in [6, 6.07) is 15.9. The quantitative estimate of drug-likeness (QED) is 0.457. The third-order valence-electron chi connectivity index (χ3n) is 5.37. The summed E-state index contributed by atoms with van der Waals surface area (Å²) in [6.07, 6.45) is 0. The summed E-state index contributed by atoms with van der Waals surface area (Å²) < 4.78 is 12.5. The molecule has 4 aromatic rings. The summed E-state index contributed by atoms with van der Waals surface area (Å²) in [5, 5.41) is 4.05. The van der Waals surface area contributed by atoms with Gasteiger partial charge in [-0.05, 0) is 43.3 Å². The molecular formula is C23H23N3O3S2. The number of nitrogens with one attached hydrogen (secondary N) is 1. The molecule has 160 valence electrons. The Morgan fingerprint density at radius 3 is 2.74 bits per heavy atom. The van der Waals surface area contributed by atoms with Crippen LogP contribution in [0.5, 0.6) is 0 Å². The Balaban J connectivity index is 1.29. The zero-order valence-electron chi connectivity index (χ0n) is 17.2. The average molecular weight is 454 g/mol. The van der Waals surface area contributed by atoms with Crippen LogP contribution in [0.25, 0.3) is 20.1 Å². The van der Waals surface area contributed by atoms with Gasteiger partial charge in [0.05, 0.1) is 39.2 Å². The summed E-state index contributed by atoms with van der Waals surface area (Å²) in [4.78, 5) is 21.6. The van der Waals surface area contributed by atoms with Crippen LogP contribution < -0.4 is 5.32 Å². The molecule has 0 aliphatic carbocycles. The molecule has 1 atom stereocenters. The molecule has 0 saturated carbocycles. The van der Waals surface area contributed by atoms with Gasteiger partial charge >= 0.3 is 0 Å². The van der Waals surface area contributed by atoms with Crippen LogP contribution in [0.2, 0.25) is 0 Å². The van der Waals surface area contributed by atoms with Gasteiger partial charge in [-0.1, -0.05) is 12.1 Å². The number of para-hydroxylation sites is 1. The zero-order chi connectivity index (χ0) is 21.2. The third-order valence-corrected chi connectivity index (χ3v) is 7.66. The molecule has 31 heavy (non-hydrogen) atoms. The van der Waals surface area contributed by atoms with E-state index in [9.17, 15) is 4.79 Å². The SMILES string of the molecule is Cc1ccc(C(CNC(=O)c2ccc(-c3nc4ccccc4s3)s2)N2CCOCC2)o1. The highest BCUT2D eigenvalue weighted by atomic mass is 32.1. The fourth-order valence-electron chi connectivity index (χ4n) is 3.76. The first-order valence-corrected chi connectivity index (χ1v) is 11.9. The standard InChI is InChI=1S/C23H23N3O3S2/c1-15-6-7-18(29-15)17(26-10-12-28-13-11-26)14-24-22(27)20-8-9-21(30-20)23-25-16-4-2-3-5-19(16)31-23/h2-9,17H,10-14H2,1H3,(H,24,27). The number of hydrogen-bond donors (Lipinski definition) is 1. The second-order valence-electron chi connectivity index (χ2n) is 7.47. The molecule has 8 heteroatoms. The van der Waals surface area contributed by atoms with Crippen LogP contribution in [0.4, 0.5) is 0 Å². The van der Waals surface area contributed by atoms with E-state index in [4.69, 9.17) is 14.1 Å². The van der Waals surface area contributed by atoms with Crippen molar-refractivity contribution < 1.29 is 13.9 Å². The molecular weight excluding hydrogens is 430 g/mol. The molecule has 1 aliphatic heterocycles. The molecule has 4 heterocycles. The normalized spacial score (nSPS) is 15.9. The summed E-state index contributed by atoms with van der Waals surface area (Å²) in [7, 11) is 0. The maximum atomic E-state index is 12.9. The minimum atomic E-state index is -0.0705. The minimum absolute atomic E-state index is 0.00903. The number of amides is 1. The van der Waals surface area contributed by atoms with Crippen molar-refractivity contribution in [2.45, 2.75) is 13.0 Å². The van der Waals surface area contributed by atoms with Gasteiger partial charge in [-0.15, -0.1) is 22.7 Å². The van der Waals surface area contributed by atoms with Gasteiger partial charge < -0.3 is 14.5 Å². The third kappa shape index (κ3) is 4.43. The van der Waals surface area contributed by atoms with Crippen LogP contribution in [0, 0.1) is 6.92 Å². The van der Waals surface area contributed by atoms with E-state index in [1.54, 1.807) is 11.3 Å². The van der Waals surface area contributed by atoms with E-state index < -0.39 is 0 Å². The van der Waals surface area contributed by atoms with Gasteiger partial charge in [0.25, 0.3) is 5.91 Å². The van der Waals surface area contributed by atoms with Crippen molar-refractivity contribution in [3.05, 3.63) is 64.9 Å². The number of thiazole rings is 1. The first-order chi connectivity index (χ1) is 15.2. The monoisotopic (exact) mass is 453 g/mol. The van der Waals surface area contributed by atoms with Crippen molar-refractivity contribution in [3.63, 3.8) is 0 Å². The number of ether oxygens (including phenoxy) is 1. The van der Waals surface area contributed by atoms with Gasteiger partial charge in [0.2, 0.25) is 0 Å². The van der Waals surface area contributed by atoms with Gasteiger partial charge in [-0.2, -0.15) is 0 Å². The topological polar surface area (TPSA) is 67.6 Å². The Bertz CT molecular complexity index is 1160. The highest BCUT2D eigenvalue weighted by Gasteiger charge is 2.26. The Morgan fingerprint density at radius 1 is 1.13 bits per heavy atom. The van der Waals surface area contributed by atoms with Gasteiger partial charge in [-0.3, -0.25) is 9.69 Å². The van der Waals surface area contributed by atoms with Crippen molar-refractivity contribution in [2.24, 2.45) is 0 Å². The molecule has 1 amide bonds. The lowest BCUT2D eigenvalue weighted by molar-refractivity contribution is 0.0117. The Labute approximate surface area is 188 Å². The Morgan fingerprint density at radius 2 is 1.97 bits per heavy atom. The summed E-state index contributed by atoms with van der Waals surface area (Å²) >= 11 is 3.12. The second-order valence-corrected chi connectivity index (χ2v) is 9.59. The van der Waals surface area contributed by atoms with E-state index >= 15 is 0 Å². The summed E-state index contributed by atoms with van der Waals surface area (Å²) in [5.41, 5.74) is 0.990. The van der Waals surface area contributed by atoms with E-state index in [1.165, 1.54) is 11.3 Å². The molecule has 1 saturated heterocycles. The average Bonchev–Trinajstić information content (AvgIpc) is 3.53. The highest BCUT2D eigenvalue weighted by Crippen LogP contribution is 2.34. The lowest BCUT2D eigenvalue weighted by atomic mass is 10.1. The second kappa shape index (κ2) is 8.92. The molecule has 1 N–H and O–H groups in total. The van der Waals surface area contributed by atoms with Crippen LogP contribution in [-0.2, 0) is 4.74 Å². The van der Waals surface area contributed by atoms with E-state index in [0.29, 0.717) is 24.6 Å². The summed E-state index contributed by atoms with van der Waals surface area (Å²) in [6.45, 7) is 5.46. The van der Waals surface area contributed by atoms with Crippen LogP contribution in [0.3, 0.4) is 0 Å². The largest absolute Gasteiger partial charge is 0.465 e. The maximum Gasteiger partial charge on any atom is 0.261 e. The molecule has 3 aromatic heterocycles. The number of carbonyl (C=O) groups is 1. The predicted molar refractivity (Wildman–Crippen MR) is 124 cm³/mol. The van der Waals surface area contributed by atoms with Crippen LogP contribution in [-0.4, -0.2) is 48.6 Å². The lowest BCUT2D eigenvalue weighted by Crippen LogP contribution is -2.43. The number of thiophene rings is 1. The zero-order valence-corrected chi connectivity index (χ0v) is 18.8. The number of fused-ring (bicyclic) bond motifs is 1. The number of furan rings is 1.